The monoisotopic (exact) mass is 437 g/mol. The Morgan fingerprint density at radius 3 is 2.44 bits per heavy atom. The second-order valence-corrected chi connectivity index (χ2v) is 6.87. The molecule has 1 unspecified atom stereocenters. The molecule has 0 saturated carbocycles. The van der Waals surface area contributed by atoms with Crippen molar-refractivity contribution in [3.8, 4) is 5.75 Å². The van der Waals surface area contributed by atoms with Gasteiger partial charge in [-0.1, -0.05) is 24.3 Å². The molecule has 8 heteroatoms. The SMILES string of the molecule is COc1ccc2c(C(C)C(=O)N[C@H](CCC(=O)O)C(=O)O)cccc2c1Br. The number of amides is 1. The normalized spacial score (nSPS) is 13.0. The van der Waals surface area contributed by atoms with Gasteiger partial charge in [0.15, 0.2) is 0 Å². The van der Waals surface area contributed by atoms with Crippen LogP contribution in [0.4, 0.5) is 0 Å². The summed E-state index contributed by atoms with van der Waals surface area (Å²) in [5, 5.41) is 22.1. The van der Waals surface area contributed by atoms with Gasteiger partial charge in [-0.2, -0.15) is 0 Å². The summed E-state index contributed by atoms with van der Waals surface area (Å²) in [5.74, 6) is -2.82. The molecule has 0 heterocycles. The predicted octanol–water partition coefficient (Wildman–Crippen LogP) is 3.15. The summed E-state index contributed by atoms with van der Waals surface area (Å²) in [6.07, 6.45) is -0.520. The number of halogens is 1. The molecule has 2 aromatic carbocycles. The Kier molecular flexibility index (Phi) is 6.79. The van der Waals surface area contributed by atoms with E-state index >= 15 is 0 Å². The second kappa shape index (κ2) is 8.85. The van der Waals surface area contributed by atoms with Crippen LogP contribution in [0.3, 0.4) is 0 Å². The van der Waals surface area contributed by atoms with Gasteiger partial charge in [-0.3, -0.25) is 9.59 Å². The number of hydrogen-bond acceptors (Lipinski definition) is 4. The van der Waals surface area contributed by atoms with E-state index in [0.29, 0.717) is 5.75 Å². The molecular weight excluding hydrogens is 418 g/mol. The van der Waals surface area contributed by atoms with Crippen LogP contribution in [0.1, 0.15) is 31.2 Å². The molecule has 0 saturated heterocycles. The summed E-state index contributed by atoms with van der Waals surface area (Å²) in [7, 11) is 1.56. The summed E-state index contributed by atoms with van der Waals surface area (Å²) in [6.45, 7) is 1.68. The van der Waals surface area contributed by atoms with Crippen molar-refractivity contribution in [3.63, 3.8) is 0 Å². The van der Waals surface area contributed by atoms with Gasteiger partial charge in [0.1, 0.15) is 11.8 Å². The third-order valence-corrected chi connectivity index (χ3v) is 5.15. The van der Waals surface area contributed by atoms with Gasteiger partial charge in [0.2, 0.25) is 5.91 Å². The highest BCUT2D eigenvalue weighted by atomic mass is 79.9. The summed E-state index contributed by atoms with van der Waals surface area (Å²) in [4.78, 5) is 34.6. The minimum atomic E-state index is -1.26. The van der Waals surface area contributed by atoms with Crippen LogP contribution in [0.2, 0.25) is 0 Å². The summed E-state index contributed by atoms with van der Waals surface area (Å²) < 4.78 is 6.05. The largest absolute Gasteiger partial charge is 0.496 e. The van der Waals surface area contributed by atoms with E-state index < -0.39 is 29.8 Å². The Morgan fingerprint density at radius 1 is 1.15 bits per heavy atom. The number of nitrogens with one attached hydrogen (secondary N) is 1. The molecule has 144 valence electrons. The molecule has 7 nitrogen and oxygen atoms in total. The Morgan fingerprint density at radius 2 is 1.85 bits per heavy atom. The minimum Gasteiger partial charge on any atom is -0.496 e. The Balaban J connectivity index is 2.29. The molecule has 3 N–H and O–H groups in total. The number of carboxylic acids is 2. The number of aliphatic carboxylic acids is 2. The molecule has 0 aromatic heterocycles. The molecule has 1 amide bonds. The quantitative estimate of drug-likeness (QED) is 0.584. The van der Waals surface area contributed by atoms with Crippen molar-refractivity contribution in [2.24, 2.45) is 0 Å². The van der Waals surface area contributed by atoms with Crippen molar-refractivity contribution < 1.29 is 29.3 Å². The third-order valence-electron chi connectivity index (χ3n) is 4.34. The van der Waals surface area contributed by atoms with Crippen molar-refractivity contribution >= 4 is 44.5 Å². The zero-order chi connectivity index (χ0) is 20.1. The van der Waals surface area contributed by atoms with E-state index in [2.05, 4.69) is 21.2 Å². The highest BCUT2D eigenvalue weighted by Crippen LogP contribution is 2.36. The zero-order valence-corrected chi connectivity index (χ0v) is 16.4. The van der Waals surface area contributed by atoms with E-state index in [1.54, 1.807) is 26.2 Å². The smallest absolute Gasteiger partial charge is 0.326 e. The lowest BCUT2D eigenvalue weighted by atomic mass is 9.93. The number of carbonyl (C=O) groups excluding carboxylic acids is 1. The molecule has 0 spiro atoms. The molecule has 0 bridgehead atoms. The lowest BCUT2D eigenvalue weighted by Gasteiger charge is -2.19. The van der Waals surface area contributed by atoms with Gasteiger partial charge in [0.05, 0.1) is 17.5 Å². The summed E-state index contributed by atoms with van der Waals surface area (Å²) >= 11 is 3.50. The molecule has 2 atom stereocenters. The predicted molar refractivity (Wildman–Crippen MR) is 103 cm³/mol. The van der Waals surface area contributed by atoms with Crippen LogP contribution in [0.15, 0.2) is 34.8 Å². The van der Waals surface area contributed by atoms with Crippen LogP contribution in [-0.4, -0.2) is 41.2 Å². The number of carbonyl (C=O) groups is 3. The number of benzene rings is 2. The van der Waals surface area contributed by atoms with Crippen LogP contribution in [-0.2, 0) is 14.4 Å². The highest BCUT2D eigenvalue weighted by molar-refractivity contribution is 9.10. The topological polar surface area (TPSA) is 113 Å². The lowest BCUT2D eigenvalue weighted by Crippen LogP contribution is -2.42. The molecule has 0 radical (unpaired) electrons. The van der Waals surface area contributed by atoms with Gasteiger partial charge in [-0.15, -0.1) is 0 Å². The number of ether oxygens (including phenoxy) is 1. The van der Waals surface area contributed by atoms with E-state index in [1.165, 1.54) is 0 Å². The van der Waals surface area contributed by atoms with Gasteiger partial charge in [-0.25, -0.2) is 4.79 Å². The van der Waals surface area contributed by atoms with Crippen molar-refractivity contribution in [2.75, 3.05) is 7.11 Å². The van der Waals surface area contributed by atoms with E-state index in [0.717, 1.165) is 20.8 Å². The minimum absolute atomic E-state index is 0.179. The molecule has 0 fully saturated rings. The fourth-order valence-electron chi connectivity index (χ4n) is 2.82. The average Bonchev–Trinajstić information content (AvgIpc) is 2.64. The first kappa shape index (κ1) is 20.7. The maximum absolute atomic E-state index is 12.6. The van der Waals surface area contributed by atoms with Gasteiger partial charge in [0, 0.05) is 6.42 Å². The van der Waals surface area contributed by atoms with E-state index in [-0.39, 0.29) is 12.8 Å². The van der Waals surface area contributed by atoms with Crippen LogP contribution in [0.25, 0.3) is 10.8 Å². The van der Waals surface area contributed by atoms with E-state index in [1.807, 2.05) is 18.2 Å². The fraction of sp³-hybridized carbons (Fsp3) is 0.316. The number of fused-ring (bicyclic) bond motifs is 1. The van der Waals surface area contributed by atoms with Crippen LogP contribution in [0.5, 0.6) is 5.75 Å². The van der Waals surface area contributed by atoms with Crippen LogP contribution in [0, 0.1) is 0 Å². The first-order valence-corrected chi connectivity index (χ1v) is 9.05. The average molecular weight is 438 g/mol. The Bertz CT molecular complexity index is 882. The maximum atomic E-state index is 12.6. The first-order valence-electron chi connectivity index (χ1n) is 8.26. The van der Waals surface area contributed by atoms with Gasteiger partial charge in [0.25, 0.3) is 0 Å². The van der Waals surface area contributed by atoms with Gasteiger partial charge >= 0.3 is 11.9 Å². The van der Waals surface area contributed by atoms with Crippen LogP contribution < -0.4 is 10.1 Å². The lowest BCUT2D eigenvalue weighted by molar-refractivity contribution is -0.143. The van der Waals surface area contributed by atoms with Gasteiger partial charge in [-0.05, 0) is 51.7 Å². The second-order valence-electron chi connectivity index (χ2n) is 6.08. The summed E-state index contributed by atoms with van der Waals surface area (Å²) in [6, 6.07) is 7.88. The molecule has 0 aliphatic rings. The van der Waals surface area contributed by atoms with E-state index in [4.69, 9.17) is 9.84 Å². The number of rotatable bonds is 8. The molecule has 0 aliphatic carbocycles. The number of carboxylic acid groups (broad SMARTS) is 2. The molecule has 27 heavy (non-hydrogen) atoms. The Hall–Kier alpha value is -2.61. The Labute approximate surface area is 164 Å². The summed E-state index contributed by atoms with van der Waals surface area (Å²) in [5.41, 5.74) is 0.732. The third kappa shape index (κ3) is 4.77. The van der Waals surface area contributed by atoms with Crippen molar-refractivity contribution in [2.45, 2.75) is 31.7 Å². The van der Waals surface area contributed by atoms with Gasteiger partial charge < -0.3 is 20.3 Å². The van der Waals surface area contributed by atoms with Crippen LogP contribution >= 0.6 is 15.9 Å². The standard InChI is InChI=1S/C19H20BrNO6/c1-10(18(24)21-14(19(25)26)7-9-16(22)23)11-4-3-5-13-12(11)6-8-15(27-2)17(13)20/h3-6,8,10,14H,7,9H2,1-2H3,(H,21,24)(H,22,23)(H,25,26)/t10?,14-/m1/s1. The van der Waals surface area contributed by atoms with Crippen molar-refractivity contribution in [1.82, 2.24) is 5.32 Å². The molecule has 2 aromatic rings. The van der Waals surface area contributed by atoms with Crippen molar-refractivity contribution in [1.29, 1.82) is 0 Å². The molecule has 0 aliphatic heterocycles. The molecule has 2 rings (SSSR count). The number of methoxy groups -OCH3 is 1. The zero-order valence-electron chi connectivity index (χ0n) is 14.9. The highest BCUT2D eigenvalue weighted by Gasteiger charge is 2.25. The fourth-order valence-corrected chi connectivity index (χ4v) is 3.46. The number of hydrogen-bond donors (Lipinski definition) is 3. The van der Waals surface area contributed by atoms with E-state index in [9.17, 15) is 19.5 Å². The maximum Gasteiger partial charge on any atom is 0.326 e. The molecular formula is C19H20BrNO6. The van der Waals surface area contributed by atoms with Crippen molar-refractivity contribution in [3.05, 3.63) is 40.4 Å². The first-order chi connectivity index (χ1) is 12.8.